The van der Waals surface area contributed by atoms with E-state index in [0.717, 1.165) is 32.1 Å². The number of carbonyl (C=O) groups excluding carboxylic acids is 1. The first-order valence-electron chi connectivity index (χ1n) is 5.99. The Kier molecular flexibility index (Phi) is 3.23. The summed E-state index contributed by atoms with van der Waals surface area (Å²) in [5.41, 5.74) is 0.890. The van der Waals surface area contributed by atoms with Gasteiger partial charge in [0, 0.05) is 6.42 Å². The Morgan fingerprint density at radius 2 is 2.00 bits per heavy atom. The van der Waals surface area contributed by atoms with Crippen LogP contribution in [0.4, 0.5) is 0 Å². The molecular weight excluding hydrogens is 196 g/mol. The van der Waals surface area contributed by atoms with Crippen molar-refractivity contribution in [2.75, 3.05) is 0 Å². The number of benzene rings is 1. The van der Waals surface area contributed by atoms with Crippen LogP contribution in [0.3, 0.4) is 0 Å². The van der Waals surface area contributed by atoms with E-state index in [4.69, 9.17) is 0 Å². The van der Waals surface area contributed by atoms with E-state index in [1.165, 1.54) is 5.56 Å². The van der Waals surface area contributed by atoms with Gasteiger partial charge in [0.2, 0.25) is 0 Å². The van der Waals surface area contributed by atoms with Gasteiger partial charge in [-0.3, -0.25) is 4.79 Å². The molecule has 0 bridgehead atoms. The molecule has 1 fully saturated rings. The van der Waals surface area contributed by atoms with Crippen LogP contribution in [0.25, 0.3) is 0 Å². The van der Waals surface area contributed by atoms with Crippen LogP contribution < -0.4 is 0 Å². The molecule has 0 saturated heterocycles. The highest BCUT2D eigenvalue weighted by atomic mass is 16.1. The predicted molar refractivity (Wildman–Crippen MR) is 66.4 cm³/mol. The van der Waals surface area contributed by atoms with Crippen molar-refractivity contribution in [2.24, 2.45) is 0 Å². The van der Waals surface area contributed by atoms with E-state index < -0.39 is 0 Å². The molecule has 1 aliphatic carbocycles. The summed E-state index contributed by atoms with van der Waals surface area (Å²) < 4.78 is 0. The van der Waals surface area contributed by atoms with Gasteiger partial charge >= 0.3 is 0 Å². The first-order chi connectivity index (χ1) is 7.79. The van der Waals surface area contributed by atoms with Crippen LogP contribution in [0, 0.1) is 0 Å². The monoisotopic (exact) mass is 214 g/mol. The lowest BCUT2D eigenvalue weighted by molar-refractivity contribution is -0.126. The van der Waals surface area contributed by atoms with Crippen molar-refractivity contribution >= 4 is 5.78 Å². The van der Waals surface area contributed by atoms with Crippen molar-refractivity contribution in [1.82, 2.24) is 0 Å². The molecule has 1 aromatic rings. The van der Waals surface area contributed by atoms with Crippen molar-refractivity contribution in [3.63, 3.8) is 0 Å². The smallest absolute Gasteiger partial charge is 0.143 e. The van der Waals surface area contributed by atoms with Gasteiger partial charge in [-0.1, -0.05) is 42.8 Å². The highest BCUT2D eigenvalue weighted by Crippen LogP contribution is 2.39. The fourth-order valence-corrected chi connectivity index (χ4v) is 2.73. The molecule has 1 nitrogen and oxygen atoms in total. The molecule has 0 heterocycles. The third-order valence-corrected chi connectivity index (χ3v) is 3.61. The molecule has 0 radical (unpaired) electrons. The third-order valence-electron chi connectivity index (χ3n) is 3.61. The number of ketones is 1. The van der Waals surface area contributed by atoms with E-state index in [-0.39, 0.29) is 5.41 Å². The Labute approximate surface area is 97.2 Å². The van der Waals surface area contributed by atoms with Crippen LogP contribution >= 0.6 is 0 Å². The van der Waals surface area contributed by atoms with Crippen molar-refractivity contribution < 1.29 is 4.79 Å². The molecule has 1 atom stereocenters. The molecule has 0 amide bonds. The second-order valence-electron chi connectivity index (χ2n) is 4.57. The summed E-state index contributed by atoms with van der Waals surface area (Å²) in [5, 5.41) is 0. The highest BCUT2D eigenvalue weighted by molar-refractivity contribution is 5.91. The average Bonchev–Trinajstić information content (AvgIpc) is 2.34. The van der Waals surface area contributed by atoms with Gasteiger partial charge in [0.05, 0.1) is 5.41 Å². The van der Waals surface area contributed by atoms with Crippen LogP contribution in [-0.2, 0) is 10.2 Å². The molecule has 1 heteroatoms. The van der Waals surface area contributed by atoms with Crippen molar-refractivity contribution in [3.05, 3.63) is 48.6 Å². The Hall–Kier alpha value is -1.37. The quantitative estimate of drug-likeness (QED) is 0.702. The molecule has 0 aromatic heterocycles. The number of carbonyl (C=O) groups is 1. The standard InChI is InChI=1S/C15H18O/c1-2-11-15(12-7-6-10-14(15)16)13-8-4-3-5-9-13/h2-5,8-9H,1,6-7,10-12H2/t15-/m0/s1. The second kappa shape index (κ2) is 4.65. The Bertz CT molecular complexity index is 380. The van der Waals surface area contributed by atoms with E-state index in [1.54, 1.807) is 0 Å². The van der Waals surface area contributed by atoms with E-state index in [1.807, 2.05) is 24.3 Å². The number of Topliss-reactive ketones (excluding diaryl/α,β-unsaturated/α-hetero) is 1. The van der Waals surface area contributed by atoms with Gasteiger partial charge in [0.25, 0.3) is 0 Å². The van der Waals surface area contributed by atoms with Crippen LogP contribution in [-0.4, -0.2) is 5.78 Å². The minimum absolute atomic E-state index is 0.277. The lowest BCUT2D eigenvalue weighted by Crippen LogP contribution is -2.38. The average molecular weight is 214 g/mol. The van der Waals surface area contributed by atoms with E-state index >= 15 is 0 Å². The normalized spacial score (nSPS) is 25.4. The summed E-state index contributed by atoms with van der Waals surface area (Å²) in [6, 6.07) is 10.2. The van der Waals surface area contributed by atoms with Gasteiger partial charge in [0.1, 0.15) is 5.78 Å². The first-order valence-corrected chi connectivity index (χ1v) is 5.99. The molecular formula is C15H18O. The van der Waals surface area contributed by atoms with Gasteiger partial charge in [0.15, 0.2) is 0 Å². The van der Waals surface area contributed by atoms with Gasteiger partial charge in [-0.05, 0) is 24.8 Å². The lowest BCUT2D eigenvalue weighted by Gasteiger charge is -2.35. The second-order valence-corrected chi connectivity index (χ2v) is 4.57. The summed E-state index contributed by atoms with van der Waals surface area (Å²) in [4.78, 5) is 12.3. The number of allylic oxidation sites excluding steroid dienone is 1. The SMILES string of the molecule is C=CC[C@@]1(c2ccccc2)CCCCC1=O. The van der Waals surface area contributed by atoms with Gasteiger partial charge in [-0.25, -0.2) is 0 Å². The minimum Gasteiger partial charge on any atom is -0.299 e. The maximum absolute atomic E-state index is 12.3. The summed E-state index contributed by atoms with van der Waals surface area (Å²) in [7, 11) is 0. The van der Waals surface area contributed by atoms with Gasteiger partial charge in [-0.15, -0.1) is 6.58 Å². The Balaban J connectivity index is 2.41. The maximum atomic E-state index is 12.3. The zero-order valence-electron chi connectivity index (χ0n) is 9.61. The molecule has 16 heavy (non-hydrogen) atoms. The van der Waals surface area contributed by atoms with E-state index in [0.29, 0.717) is 5.78 Å². The first kappa shape index (κ1) is 11.1. The third kappa shape index (κ3) is 1.82. The number of hydrogen-bond acceptors (Lipinski definition) is 1. The van der Waals surface area contributed by atoms with E-state index in [2.05, 4.69) is 18.7 Å². The molecule has 1 saturated carbocycles. The minimum atomic E-state index is -0.277. The Morgan fingerprint density at radius 3 is 2.62 bits per heavy atom. The largest absolute Gasteiger partial charge is 0.299 e. The summed E-state index contributed by atoms with van der Waals surface area (Å²) in [6.45, 7) is 3.81. The topological polar surface area (TPSA) is 17.1 Å². The van der Waals surface area contributed by atoms with E-state index in [9.17, 15) is 4.79 Å². The number of rotatable bonds is 3. The highest BCUT2D eigenvalue weighted by Gasteiger charge is 2.39. The van der Waals surface area contributed by atoms with Crippen molar-refractivity contribution in [1.29, 1.82) is 0 Å². The van der Waals surface area contributed by atoms with Crippen LogP contribution in [0.15, 0.2) is 43.0 Å². The molecule has 84 valence electrons. The van der Waals surface area contributed by atoms with Crippen LogP contribution in [0.5, 0.6) is 0 Å². The fourth-order valence-electron chi connectivity index (χ4n) is 2.73. The summed E-state index contributed by atoms with van der Waals surface area (Å²) >= 11 is 0. The molecule has 0 N–H and O–H groups in total. The zero-order chi connectivity index (χ0) is 11.4. The molecule has 1 aliphatic rings. The lowest BCUT2D eigenvalue weighted by atomic mass is 9.66. The Morgan fingerprint density at radius 1 is 1.25 bits per heavy atom. The zero-order valence-corrected chi connectivity index (χ0v) is 9.61. The molecule has 2 rings (SSSR count). The summed E-state index contributed by atoms with van der Waals surface area (Å²) in [6.07, 6.45) is 6.55. The molecule has 0 aliphatic heterocycles. The molecule has 0 unspecified atom stereocenters. The van der Waals surface area contributed by atoms with Crippen molar-refractivity contribution in [3.8, 4) is 0 Å². The fraction of sp³-hybridized carbons (Fsp3) is 0.400. The van der Waals surface area contributed by atoms with Gasteiger partial charge < -0.3 is 0 Å². The molecule has 1 aromatic carbocycles. The predicted octanol–water partition coefficient (Wildman–Crippen LogP) is 3.64. The van der Waals surface area contributed by atoms with Crippen molar-refractivity contribution in [2.45, 2.75) is 37.5 Å². The number of hydrogen-bond donors (Lipinski definition) is 0. The maximum Gasteiger partial charge on any atom is 0.143 e. The summed E-state index contributed by atoms with van der Waals surface area (Å²) in [5.74, 6) is 0.393. The van der Waals surface area contributed by atoms with Gasteiger partial charge in [-0.2, -0.15) is 0 Å². The molecule has 0 spiro atoms. The van der Waals surface area contributed by atoms with Crippen LogP contribution in [0.2, 0.25) is 0 Å². The van der Waals surface area contributed by atoms with Crippen LogP contribution in [0.1, 0.15) is 37.7 Å².